The van der Waals surface area contributed by atoms with Gasteiger partial charge in [-0.25, -0.2) is 13.9 Å². The van der Waals surface area contributed by atoms with Crippen molar-refractivity contribution in [2.75, 3.05) is 5.73 Å². The third-order valence-electron chi connectivity index (χ3n) is 5.89. The molecular formula is C25H30N2O4S. The fourth-order valence-electron chi connectivity index (χ4n) is 4.25. The summed E-state index contributed by atoms with van der Waals surface area (Å²) in [6, 6.07) is 20.1. The van der Waals surface area contributed by atoms with Crippen molar-refractivity contribution in [3.8, 4) is 0 Å². The molecule has 0 radical (unpaired) electrons. The van der Waals surface area contributed by atoms with E-state index >= 15 is 0 Å². The Balaban J connectivity index is 1.97. The minimum Gasteiger partial charge on any atom is -0.399 e. The summed E-state index contributed by atoms with van der Waals surface area (Å²) in [7, 11) is -3.86. The maximum Gasteiger partial charge on any atom is 0.248 e. The van der Waals surface area contributed by atoms with Crippen LogP contribution in [0.25, 0.3) is 10.8 Å². The molecule has 0 heterocycles. The standard InChI is InChI=1S/C25H30N2O4S/c1-17(2)24(25(28)27-29)23(10-6-9-18-7-4-3-5-8-18)32(30,31)22-14-12-19-15-21(26)13-11-20(19)16-22/h3-5,7-8,11-17,23-24,29H,6,9-10,26H2,1-2H3,(H,27,28)/t23?,24-/m0/s1. The van der Waals surface area contributed by atoms with Gasteiger partial charge in [0.1, 0.15) is 0 Å². The van der Waals surface area contributed by atoms with Gasteiger partial charge >= 0.3 is 0 Å². The average molecular weight is 455 g/mol. The van der Waals surface area contributed by atoms with Crippen LogP contribution in [0.4, 0.5) is 5.69 Å². The molecule has 7 heteroatoms. The zero-order chi connectivity index (χ0) is 23.3. The summed E-state index contributed by atoms with van der Waals surface area (Å²) in [5, 5.41) is 9.94. The number of carbonyl (C=O) groups is 1. The van der Waals surface area contributed by atoms with Crippen molar-refractivity contribution in [1.29, 1.82) is 0 Å². The number of hydroxylamine groups is 1. The van der Waals surface area contributed by atoms with Gasteiger partial charge in [0, 0.05) is 5.69 Å². The van der Waals surface area contributed by atoms with Gasteiger partial charge in [-0.15, -0.1) is 0 Å². The lowest BCUT2D eigenvalue weighted by Gasteiger charge is -2.28. The molecular weight excluding hydrogens is 424 g/mol. The Morgan fingerprint density at radius 3 is 2.31 bits per heavy atom. The van der Waals surface area contributed by atoms with Crippen molar-refractivity contribution in [2.24, 2.45) is 11.8 Å². The Morgan fingerprint density at radius 1 is 1.00 bits per heavy atom. The molecule has 0 aromatic heterocycles. The first-order chi connectivity index (χ1) is 15.2. The molecule has 3 aromatic rings. The molecule has 3 rings (SSSR count). The van der Waals surface area contributed by atoms with E-state index in [0.717, 1.165) is 16.3 Å². The van der Waals surface area contributed by atoms with Crippen molar-refractivity contribution < 1.29 is 18.4 Å². The average Bonchev–Trinajstić information content (AvgIpc) is 2.78. The molecule has 0 spiro atoms. The van der Waals surface area contributed by atoms with E-state index in [0.29, 0.717) is 24.9 Å². The summed E-state index contributed by atoms with van der Waals surface area (Å²) in [6.45, 7) is 3.59. The molecule has 0 saturated heterocycles. The van der Waals surface area contributed by atoms with Crippen LogP contribution in [0, 0.1) is 11.8 Å². The van der Waals surface area contributed by atoms with Gasteiger partial charge in [0.2, 0.25) is 5.91 Å². The first kappa shape index (κ1) is 23.8. The number of sulfone groups is 1. The highest BCUT2D eigenvalue weighted by molar-refractivity contribution is 7.92. The normalized spacial score (nSPS) is 13.8. The van der Waals surface area contributed by atoms with Crippen LogP contribution in [0.15, 0.2) is 71.6 Å². The van der Waals surface area contributed by atoms with Crippen LogP contribution in [0.3, 0.4) is 0 Å². The summed E-state index contributed by atoms with van der Waals surface area (Å²) in [5.74, 6) is -1.84. The summed E-state index contributed by atoms with van der Waals surface area (Å²) in [5.41, 5.74) is 9.23. The Labute approximate surface area is 189 Å². The Hall–Kier alpha value is -2.90. The fraction of sp³-hybridized carbons (Fsp3) is 0.320. The van der Waals surface area contributed by atoms with E-state index in [2.05, 4.69) is 0 Å². The number of nitrogens with two attached hydrogens (primary N) is 1. The fourth-order valence-corrected chi connectivity index (χ4v) is 6.45. The maximum absolute atomic E-state index is 13.8. The van der Waals surface area contributed by atoms with E-state index in [-0.39, 0.29) is 10.8 Å². The molecule has 0 bridgehead atoms. The highest BCUT2D eigenvalue weighted by Gasteiger charge is 2.40. The van der Waals surface area contributed by atoms with E-state index in [9.17, 15) is 18.4 Å². The number of benzene rings is 3. The van der Waals surface area contributed by atoms with Gasteiger partial charge in [-0.2, -0.15) is 0 Å². The number of hydrogen-bond donors (Lipinski definition) is 3. The molecule has 1 amide bonds. The topological polar surface area (TPSA) is 109 Å². The van der Waals surface area contributed by atoms with Gasteiger partial charge in [0.25, 0.3) is 0 Å². The number of nitrogens with one attached hydrogen (secondary N) is 1. The number of aryl methyl sites for hydroxylation is 1. The van der Waals surface area contributed by atoms with Gasteiger partial charge in [-0.3, -0.25) is 10.0 Å². The Kier molecular flexibility index (Phi) is 7.53. The number of fused-ring (bicyclic) bond motifs is 1. The third kappa shape index (κ3) is 5.29. The van der Waals surface area contributed by atoms with Crippen molar-refractivity contribution in [3.63, 3.8) is 0 Å². The number of nitrogen functional groups attached to an aromatic ring is 1. The smallest absolute Gasteiger partial charge is 0.248 e. The molecule has 6 nitrogen and oxygen atoms in total. The van der Waals surface area contributed by atoms with Crippen LogP contribution >= 0.6 is 0 Å². The van der Waals surface area contributed by atoms with Crippen molar-refractivity contribution in [3.05, 3.63) is 72.3 Å². The molecule has 0 saturated carbocycles. The maximum atomic E-state index is 13.8. The number of carbonyl (C=O) groups excluding carboxylic acids is 1. The summed E-state index contributed by atoms with van der Waals surface area (Å²) >= 11 is 0. The van der Waals surface area contributed by atoms with E-state index in [1.54, 1.807) is 55.7 Å². The minimum absolute atomic E-state index is 0.163. The van der Waals surface area contributed by atoms with E-state index < -0.39 is 26.9 Å². The van der Waals surface area contributed by atoms with Gasteiger partial charge in [0.05, 0.1) is 16.1 Å². The lowest BCUT2D eigenvalue weighted by atomic mass is 9.88. The quantitative estimate of drug-likeness (QED) is 0.253. The second kappa shape index (κ2) is 10.1. The largest absolute Gasteiger partial charge is 0.399 e. The second-order valence-electron chi connectivity index (χ2n) is 8.48. The first-order valence-electron chi connectivity index (χ1n) is 10.7. The Morgan fingerprint density at radius 2 is 1.66 bits per heavy atom. The molecule has 3 aromatic carbocycles. The highest BCUT2D eigenvalue weighted by Crippen LogP contribution is 2.32. The minimum atomic E-state index is -3.86. The number of amides is 1. The van der Waals surface area contributed by atoms with Crippen LogP contribution < -0.4 is 11.2 Å². The van der Waals surface area contributed by atoms with Crippen LogP contribution in [0.5, 0.6) is 0 Å². The zero-order valence-corrected chi connectivity index (χ0v) is 19.2. The van der Waals surface area contributed by atoms with E-state index in [1.165, 1.54) is 0 Å². The van der Waals surface area contributed by atoms with E-state index in [4.69, 9.17) is 5.73 Å². The molecule has 0 aliphatic carbocycles. The van der Waals surface area contributed by atoms with Crippen molar-refractivity contribution in [2.45, 2.75) is 43.3 Å². The lowest BCUT2D eigenvalue weighted by Crippen LogP contribution is -2.43. The predicted octanol–water partition coefficient (Wildman–Crippen LogP) is 4.36. The summed E-state index contributed by atoms with van der Waals surface area (Å²) < 4.78 is 27.5. The van der Waals surface area contributed by atoms with Gasteiger partial charge in [-0.05, 0) is 65.8 Å². The molecule has 0 fully saturated rings. The Bertz CT molecular complexity index is 1180. The summed E-state index contributed by atoms with van der Waals surface area (Å²) in [4.78, 5) is 12.7. The first-order valence-corrected chi connectivity index (χ1v) is 12.3. The van der Waals surface area contributed by atoms with Crippen LogP contribution in [0.1, 0.15) is 32.3 Å². The molecule has 0 aliphatic heterocycles. The molecule has 1 unspecified atom stereocenters. The second-order valence-corrected chi connectivity index (χ2v) is 10.6. The molecule has 32 heavy (non-hydrogen) atoms. The summed E-state index contributed by atoms with van der Waals surface area (Å²) in [6.07, 6.45) is 1.60. The van der Waals surface area contributed by atoms with Gasteiger partial charge in [0.15, 0.2) is 9.84 Å². The molecule has 2 atom stereocenters. The zero-order valence-electron chi connectivity index (χ0n) is 18.4. The molecule has 170 valence electrons. The molecule has 0 aliphatic rings. The third-order valence-corrected chi connectivity index (χ3v) is 8.13. The number of hydrogen-bond acceptors (Lipinski definition) is 5. The van der Waals surface area contributed by atoms with Crippen LogP contribution in [-0.4, -0.2) is 24.8 Å². The highest BCUT2D eigenvalue weighted by atomic mass is 32.2. The van der Waals surface area contributed by atoms with Crippen molar-refractivity contribution >= 4 is 32.2 Å². The van der Waals surface area contributed by atoms with Crippen LogP contribution in [-0.2, 0) is 21.1 Å². The van der Waals surface area contributed by atoms with Crippen molar-refractivity contribution in [1.82, 2.24) is 5.48 Å². The number of anilines is 1. The van der Waals surface area contributed by atoms with Gasteiger partial charge in [-0.1, -0.05) is 56.3 Å². The van der Waals surface area contributed by atoms with Gasteiger partial charge < -0.3 is 5.73 Å². The predicted molar refractivity (Wildman–Crippen MR) is 127 cm³/mol. The monoisotopic (exact) mass is 454 g/mol. The number of rotatable bonds is 9. The van der Waals surface area contributed by atoms with Crippen LogP contribution in [0.2, 0.25) is 0 Å². The molecule has 4 N–H and O–H groups in total. The van der Waals surface area contributed by atoms with E-state index in [1.807, 2.05) is 30.3 Å². The lowest BCUT2D eigenvalue weighted by molar-refractivity contribution is -0.134. The SMILES string of the molecule is CC(C)[C@H](C(=O)NO)C(CCCc1ccccc1)S(=O)(=O)c1ccc2cc(N)ccc2c1.